The Morgan fingerprint density at radius 3 is 2.19 bits per heavy atom. The molecule has 1 aliphatic carbocycles. The van der Waals surface area contributed by atoms with Crippen LogP contribution in [0.3, 0.4) is 0 Å². The van der Waals surface area contributed by atoms with Crippen molar-refractivity contribution >= 4 is 22.9 Å². The van der Waals surface area contributed by atoms with Gasteiger partial charge in [0, 0.05) is 30.4 Å². The fraction of sp³-hybridized carbons (Fsp3) is 0.720. The number of hydrogen-bond acceptors (Lipinski definition) is 4. The van der Waals surface area contributed by atoms with Crippen molar-refractivity contribution in [3.63, 3.8) is 0 Å². The SMILES string of the molecule is CC(C)(C)[Si](C)(C)OC[C@@H]1[C@H]2c3cccc(C=O)c3O[C@H]2C[C@H]1O[Si](C)(C)C(C)(C)C. The van der Waals surface area contributed by atoms with E-state index in [1.165, 1.54) is 0 Å². The van der Waals surface area contributed by atoms with E-state index in [1.807, 2.05) is 12.1 Å². The lowest BCUT2D eigenvalue weighted by Crippen LogP contribution is -2.47. The van der Waals surface area contributed by atoms with Crippen molar-refractivity contribution in [3.8, 4) is 5.75 Å². The minimum absolute atomic E-state index is 0.0545. The molecule has 174 valence electrons. The van der Waals surface area contributed by atoms with Crippen LogP contribution in [0.4, 0.5) is 0 Å². The molecule has 1 fully saturated rings. The molecule has 2 aliphatic rings. The molecule has 1 aliphatic heterocycles. The van der Waals surface area contributed by atoms with Gasteiger partial charge in [-0.05, 0) is 42.3 Å². The summed E-state index contributed by atoms with van der Waals surface area (Å²) in [5.74, 6) is 1.22. The molecule has 4 nitrogen and oxygen atoms in total. The van der Waals surface area contributed by atoms with Crippen LogP contribution in [0.5, 0.6) is 5.75 Å². The van der Waals surface area contributed by atoms with E-state index in [9.17, 15) is 4.79 Å². The van der Waals surface area contributed by atoms with E-state index in [4.69, 9.17) is 13.6 Å². The van der Waals surface area contributed by atoms with Gasteiger partial charge in [-0.15, -0.1) is 0 Å². The van der Waals surface area contributed by atoms with Crippen LogP contribution in [0.1, 0.15) is 69.8 Å². The standard InChI is InChI=1S/C25H42O4Si2/c1-24(2,3)30(7,8)27-16-19-20(29-31(9,10)25(4,5)6)14-21-22(19)18-13-11-12-17(15-26)23(18)28-21/h11-13,15,19-22H,14,16H2,1-10H3/t19-,20+,21-,22+/m0/s1. The molecule has 0 bridgehead atoms. The third-order valence-corrected chi connectivity index (χ3v) is 17.3. The van der Waals surface area contributed by atoms with Crippen LogP contribution in [0.2, 0.25) is 36.3 Å². The van der Waals surface area contributed by atoms with Crippen LogP contribution in [-0.4, -0.2) is 41.7 Å². The summed E-state index contributed by atoms with van der Waals surface area (Å²) in [7, 11) is -3.83. The molecule has 0 spiro atoms. The maximum atomic E-state index is 11.6. The smallest absolute Gasteiger partial charge is 0.192 e. The van der Waals surface area contributed by atoms with Gasteiger partial charge in [-0.2, -0.15) is 0 Å². The molecule has 0 unspecified atom stereocenters. The lowest BCUT2D eigenvalue weighted by Gasteiger charge is -2.42. The Kier molecular flexibility index (Phi) is 6.46. The van der Waals surface area contributed by atoms with Gasteiger partial charge in [-0.25, -0.2) is 0 Å². The summed E-state index contributed by atoms with van der Waals surface area (Å²) in [5, 5.41) is 0.314. The minimum Gasteiger partial charge on any atom is -0.489 e. The van der Waals surface area contributed by atoms with Gasteiger partial charge in [0.25, 0.3) is 0 Å². The van der Waals surface area contributed by atoms with E-state index in [0.29, 0.717) is 12.2 Å². The van der Waals surface area contributed by atoms with Crippen LogP contribution in [0, 0.1) is 5.92 Å². The van der Waals surface area contributed by atoms with E-state index in [2.05, 4.69) is 73.8 Å². The normalized spacial score (nSPS) is 26.4. The fourth-order valence-corrected chi connectivity index (χ4v) is 6.67. The predicted octanol–water partition coefficient (Wildman–Crippen LogP) is 6.78. The largest absolute Gasteiger partial charge is 0.489 e. The van der Waals surface area contributed by atoms with Gasteiger partial charge >= 0.3 is 0 Å². The summed E-state index contributed by atoms with van der Waals surface area (Å²) in [6.07, 6.45) is 1.94. The zero-order valence-electron chi connectivity index (χ0n) is 21.2. The van der Waals surface area contributed by atoms with Gasteiger partial charge in [-0.1, -0.05) is 53.7 Å². The average Bonchev–Trinajstić information content (AvgIpc) is 3.13. The number of hydrogen-bond donors (Lipinski definition) is 0. The molecular weight excluding hydrogens is 420 g/mol. The number of carbonyl (C=O) groups is 1. The maximum Gasteiger partial charge on any atom is 0.192 e. The van der Waals surface area contributed by atoms with E-state index in [1.54, 1.807) is 0 Å². The molecular formula is C25H42O4Si2. The molecule has 6 heteroatoms. The zero-order chi connectivity index (χ0) is 23.4. The fourth-order valence-electron chi connectivity index (χ4n) is 4.25. The lowest BCUT2D eigenvalue weighted by molar-refractivity contribution is 0.0936. The van der Waals surface area contributed by atoms with Crippen molar-refractivity contribution in [3.05, 3.63) is 29.3 Å². The molecule has 1 heterocycles. The molecule has 1 saturated carbocycles. The van der Waals surface area contributed by atoms with Crippen LogP contribution in [-0.2, 0) is 8.85 Å². The summed E-state index contributed by atoms with van der Waals surface area (Å²) in [5.41, 5.74) is 1.80. The highest BCUT2D eigenvalue weighted by Crippen LogP contribution is 2.54. The first-order valence-electron chi connectivity index (χ1n) is 11.7. The first kappa shape index (κ1) is 24.7. The van der Waals surface area contributed by atoms with Crippen molar-refractivity contribution < 1.29 is 18.4 Å². The lowest BCUT2D eigenvalue weighted by atomic mass is 9.88. The number of aldehydes is 1. The second-order valence-electron chi connectivity index (χ2n) is 12.5. The number of para-hydroxylation sites is 1. The first-order chi connectivity index (χ1) is 14.1. The third kappa shape index (κ3) is 4.59. The summed E-state index contributed by atoms with van der Waals surface area (Å²) in [4.78, 5) is 11.6. The molecule has 1 aromatic carbocycles. The maximum absolute atomic E-state index is 11.6. The predicted molar refractivity (Wildman–Crippen MR) is 132 cm³/mol. The highest BCUT2D eigenvalue weighted by atomic mass is 28.4. The number of fused-ring (bicyclic) bond motifs is 3. The Hall–Kier alpha value is -0.956. The highest BCUT2D eigenvalue weighted by Gasteiger charge is 2.54. The van der Waals surface area contributed by atoms with Gasteiger partial charge in [-0.3, -0.25) is 4.79 Å². The van der Waals surface area contributed by atoms with Gasteiger partial charge < -0.3 is 13.6 Å². The Morgan fingerprint density at radius 1 is 1.03 bits per heavy atom. The Balaban J connectivity index is 1.93. The number of ether oxygens (including phenoxy) is 1. The molecule has 0 aromatic heterocycles. The zero-order valence-corrected chi connectivity index (χ0v) is 23.2. The molecule has 3 rings (SSSR count). The Bertz CT molecular complexity index is 820. The minimum atomic E-state index is -1.94. The summed E-state index contributed by atoms with van der Waals surface area (Å²) >= 11 is 0. The number of carbonyl (C=O) groups excluding carboxylic acids is 1. The van der Waals surface area contributed by atoms with Crippen molar-refractivity contribution in [2.45, 2.75) is 102 Å². The molecule has 1 aromatic rings. The van der Waals surface area contributed by atoms with Crippen LogP contribution in [0.25, 0.3) is 0 Å². The molecule has 0 saturated heterocycles. The van der Waals surface area contributed by atoms with Crippen LogP contribution >= 0.6 is 0 Å². The number of benzene rings is 1. The van der Waals surface area contributed by atoms with Crippen molar-refractivity contribution in [1.29, 1.82) is 0 Å². The van der Waals surface area contributed by atoms with Gasteiger partial charge in [0.1, 0.15) is 11.9 Å². The van der Waals surface area contributed by atoms with Crippen molar-refractivity contribution in [2.24, 2.45) is 5.92 Å². The third-order valence-electron chi connectivity index (χ3n) is 8.33. The summed E-state index contributed by atoms with van der Waals surface area (Å²) < 4.78 is 20.1. The first-order valence-corrected chi connectivity index (χ1v) is 17.5. The van der Waals surface area contributed by atoms with Gasteiger partial charge in [0.15, 0.2) is 22.9 Å². The van der Waals surface area contributed by atoms with Crippen molar-refractivity contribution in [2.75, 3.05) is 6.61 Å². The highest BCUT2D eigenvalue weighted by molar-refractivity contribution is 6.74. The van der Waals surface area contributed by atoms with Crippen molar-refractivity contribution in [1.82, 2.24) is 0 Å². The quantitative estimate of drug-likeness (QED) is 0.345. The van der Waals surface area contributed by atoms with Crippen LogP contribution in [0.15, 0.2) is 18.2 Å². The van der Waals surface area contributed by atoms with E-state index >= 15 is 0 Å². The topological polar surface area (TPSA) is 44.8 Å². The van der Waals surface area contributed by atoms with Gasteiger partial charge in [0.2, 0.25) is 0 Å². The second-order valence-corrected chi connectivity index (χ2v) is 22.0. The van der Waals surface area contributed by atoms with Gasteiger partial charge in [0.05, 0.1) is 11.7 Å². The average molecular weight is 463 g/mol. The molecule has 0 radical (unpaired) electrons. The van der Waals surface area contributed by atoms with E-state index in [-0.39, 0.29) is 34.1 Å². The Labute approximate surface area is 191 Å². The molecule has 31 heavy (non-hydrogen) atoms. The summed E-state index contributed by atoms with van der Waals surface area (Å²) in [6.45, 7) is 23.7. The van der Waals surface area contributed by atoms with E-state index in [0.717, 1.165) is 24.0 Å². The van der Waals surface area contributed by atoms with E-state index < -0.39 is 16.6 Å². The summed E-state index contributed by atoms with van der Waals surface area (Å²) in [6, 6.07) is 5.95. The molecule has 4 atom stereocenters. The monoisotopic (exact) mass is 462 g/mol. The Morgan fingerprint density at radius 2 is 1.65 bits per heavy atom. The van der Waals surface area contributed by atoms with Crippen LogP contribution < -0.4 is 4.74 Å². The molecule has 0 N–H and O–H groups in total. The molecule has 0 amide bonds. The number of rotatable bonds is 6. The second kappa shape index (κ2) is 8.12.